The Bertz CT molecular complexity index is 693. The molecule has 1 aliphatic rings. The molecule has 2 heterocycles. The van der Waals surface area contributed by atoms with Gasteiger partial charge in [-0.05, 0) is 12.3 Å². The number of nitrogen functional groups attached to an aromatic ring is 1. The van der Waals surface area contributed by atoms with Crippen LogP contribution in [0.3, 0.4) is 0 Å². The van der Waals surface area contributed by atoms with Gasteiger partial charge in [-0.25, -0.2) is 15.0 Å². The molecule has 0 saturated carbocycles. The van der Waals surface area contributed by atoms with Gasteiger partial charge in [-0.1, -0.05) is 19.1 Å². The molecule has 1 unspecified atom stereocenters. The van der Waals surface area contributed by atoms with Gasteiger partial charge >= 0.3 is 5.97 Å². The van der Waals surface area contributed by atoms with Crippen LogP contribution >= 0.6 is 0 Å². The number of fused-ring (bicyclic) bond motifs is 1. The van der Waals surface area contributed by atoms with Crippen molar-refractivity contribution in [2.45, 2.75) is 19.4 Å². The monoisotopic (exact) mass is 273 g/mol. The van der Waals surface area contributed by atoms with Gasteiger partial charge in [0.1, 0.15) is 11.8 Å². The van der Waals surface area contributed by atoms with Crippen molar-refractivity contribution in [1.29, 1.82) is 0 Å². The molecule has 0 spiro atoms. The average Bonchev–Trinajstić information content (AvgIpc) is 3.04. The minimum absolute atomic E-state index is 0.0223. The molecule has 3 atom stereocenters. The van der Waals surface area contributed by atoms with Crippen LogP contribution < -0.4 is 5.73 Å². The third-order valence-corrected chi connectivity index (χ3v) is 3.87. The summed E-state index contributed by atoms with van der Waals surface area (Å²) in [5.41, 5.74) is 7.02. The van der Waals surface area contributed by atoms with Crippen LogP contribution in [0.15, 0.2) is 24.8 Å². The Labute approximate surface area is 115 Å². The first-order valence-corrected chi connectivity index (χ1v) is 6.42. The summed E-state index contributed by atoms with van der Waals surface area (Å²) in [7, 11) is 0. The molecule has 2 aromatic rings. The lowest BCUT2D eigenvalue weighted by Crippen LogP contribution is -2.19. The zero-order chi connectivity index (χ0) is 14.3. The quantitative estimate of drug-likeness (QED) is 0.815. The van der Waals surface area contributed by atoms with Crippen LogP contribution in [-0.4, -0.2) is 30.6 Å². The third-order valence-electron chi connectivity index (χ3n) is 3.87. The van der Waals surface area contributed by atoms with Gasteiger partial charge in [-0.2, -0.15) is 0 Å². The van der Waals surface area contributed by atoms with Gasteiger partial charge in [-0.3, -0.25) is 4.79 Å². The number of hydrogen-bond acceptors (Lipinski definition) is 5. The SMILES string of the molecule is CC(C(=O)O)[C@H]1C=C[C@H](n2cnc3c(N)ncnc32)C1. The zero-order valence-electron chi connectivity index (χ0n) is 11.0. The van der Waals surface area contributed by atoms with Crippen LogP contribution in [0.25, 0.3) is 11.2 Å². The van der Waals surface area contributed by atoms with E-state index in [0.29, 0.717) is 17.0 Å². The normalized spacial score (nSPS) is 23.2. The molecular weight excluding hydrogens is 258 g/mol. The van der Waals surface area contributed by atoms with Gasteiger partial charge in [0.2, 0.25) is 0 Å². The van der Waals surface area contributed by atoms with Gasteiger partial charge in [0.05, 0.1) is 18.3 Å². The van der Waals surface area contributed by atoms with Crippen molar-refractivity contribution in [3.63, 3.8) is 0 Å². The number of allylic oxidation sites excluding steroid dienone is 2. The summed E-state index contributed by atoms with van der Waals surface area (Å²) in [4.78, 5) is 23.4. The molecule has 0 fully saturated rings. The van der Waals surface area contributed by atoms with Crippen LogP contribution in [0.5, 0.6) is 0 Å². The van der Waals surface area contributed by atoms with Crippen molar-refractivity contribution in [2.75, 3.05) is 5.73 Å². The van der Waals surface area contributed by atoms with E-state index in [4.69, 9.17) is 10.8 Å². The largest absolute Gasteiger partial charge is 0.481 e. The van der Waals surface area contributed by atoms with Crippen LogP contribution in [0.2, 0.25) is 0 Å². The highest BCUT2D eigenvalue weighted by Crippen LogP contribution is 2.34. The van der Waals surface area contributed by atoms with Crippen LogP contribution in [-0.2, 0) is 4.79 Å². The minimum atomic E-state index is -0.776. The van der Waals surface area contributed by atoms with Crippen LogP contribution in [0, 0.1) is 11.8 Å². The predicted molar refractivity (Wildman–Crippen MR) is 72.8 cm³/mol. The minimum Gasteiger partial charge on any atom is -0.481 e. The summed E-state index contributed by atoms with van der Waals surface area (Å²) in [6, 6.07) is 0.0566. The first kappa shape index (κ1) is 12.6. The number of imidazole rings is 1. The molecule has 7 heteroatoms. The molecule has 104 valence electrons. The highest BCUT2D eigenvalue weighted by Gasteiger charge is 2.29. The number of aliphatic carboxylic acids is 1. The third kappa shape index (κ3) is 1.91. The lowest BCUT2D eigenvalue weighted by molar-refractivity contribution is -0.142. The Hall–Kier alpha value is -2.44. The molecule has 0 aliphatic heterocycles. The van der Waals surface area contributed by atoms with E-state index in [-0.39, 0.29) is 12.0 Å². The van der Waals surface area contributed by atoms with Gasteiger partial charge in [0, 0.05) is 0 Å². The molecule has 20 heavy (non-hydrogen) atoms. The van der Waals surface area contributed by atoms with Crippen molar-refractivity contribution in [3.8, 4) is 0 Å². The Morgan fingerprint density at radius 3 is 3.00 bits per heavy atom. The number of carboxylic acid groups (broad SMARTS) is 1. The fourth-order valence-corrected chi connectivity index (χ4v) is 2.58. The van der Waals surface area contributed by atoms with E-state index in [0.717, 1.165) is 6.42 Å². The maximum absolute atomic E-state index is 11.0. The smallest absolute Gasteiger partial charge is 0.306 e. The number of anilines is 1. The topological polar surface area (TPSA) is 107 Å². The molecule has 0 aromatic carbocycles. The van der Waals surface area contributed by atoms with Crippen molar-refractivity contribution in [3.05, 3.63) is 24.8 Å². The van der Waals surface area contributed by atoms with Crippen molar-refractivity contribution < 1.29 is 9.90 Å². The summed E-state index contributed by atoms with van der Waals surface area (Å²) < 4.78 is 1.92. The van der Waals surface area contributed by atoms with Crippen LogP contribution in [0.4, 0.5) is 5.82 Å². The number of aromatic nitrogens is 4. The van der Waals surface area contributed by atoms with Gasteiger partial charge in [0.25, 0.3) is 0 Å². The Morgan fingerprint density at radius 1 is 1.45 bits per heavy atom. The second kappa shape index (κ2) is 4.59. The molecule has 1 aliphatic carbocycles. The number of nitrogens with two attached hydrogens (primary N) is 1. The first-order chi connectivity index (χ1) is 9.58. The molecule has 0 radical (unpaired) electrons. The van der Waals surface area contributed by atoms with Gasteiger partial charge in [0.15, 0.2) is 11.5 Å². The summed E-state index contributed by atoms with van der Waals surface area (Å²) in [6.07, 6.45) is 7.77. The summed E-state index contributed by atoms with van der Waals surface area (Å²) in [6.45, 7) is 1.73. The van der Waals surface area contributed by atoms with E-state index in [1.54, 1.807) is 13.3 Å². The number of rotatable bonds is 3. The number of carboxylic acids is 1. The maximum Gasteiger partial charge on any atom is 0.306 e. The summed E-state index contributed by atoms with van der Waals surface area (Å²) in [5.74, 6) is -0.798. The molecule has 3 N–H and O–H groups in total. The van der Waals surface area contributed by atoms with E-state index < -0.39 is 11.9 Å². The molecule has 0 amide bonds. The number of hydrogen-bond donors (Lipinski definition) is 2. The molecule has 0 saturated heterocycles. The molecule has 7 nitrogen and oxygen atoms in total. The Morgan fingerprint density at radius 2 is 2.25 bits per heavy atom. The first-order valence-electron chi connectivity index (χ1n) is 6.42. The van der Waals surface area contributed by atoms with Gasteiger partial charge < -0.3 is 15.4 Å². The standard InChI is InChI=1S/C13H15N5O2/c1-7(13(19)20)8-2-3-9(4-8)18-6-17-10-11(14)15-5-16-12(10)18/h2-3,5-9H,4H2,1H3,(H,19,20)(H2,14,15,16)/t7?,8-,9-/m0/s1. The molecule has 3 rings (SSSR count). The van der Waals surface area contributed by atoms with E-state index in [1.807, 2.05) is 16.7 Å². The van der Waals surface area contributed by atoms with Crippen molar-refractivity contribution >= 4 is 23.0 Å². The fraction of sp³-hybridized carbons (Fsp3) is 0.385. The number of nitrogens with zero attached hydrogens (tertiary/aromatic N) is 4. The lowest BCUT2D eigenvalue weighted by atomic mass is 9.93. The summed E-state index contributed by atoms with van der Waals surface area (Å²) >= 11 is 0. The second-order valence-electron chi connectivity index (χ2n) is 5.06. The van der Waals surface area contributed by atoms with Gasteiger partial charge in [-0.15, -0.1) is 0 Å². The van der Waals surface area contributed by atoms with Crippen LogP contribution in [0.1, 0.15) is 19.4 Å². The van der Waals surface area contributed by atoms with E-state index in [2.05, 4.69) is 15.0 Å². The Balaban J connectivity index is 1.89. The maximum atomic E-state index is 11.0. The second-order valence-corrected chi connectivity index (χ2v) is 5.06. The van der Waals surface area contributed by atoms with E-state index in [1.165, 1.54) is 6.33 Å². The average molecular weight is 273 g/mol. The van der Waals surface area contributed by atoms with E-state index in [9.17, 15) is 4.79 Å². The molecule has 2 aromatic heterocycles. The predicted octanol–water partition coefficient (Wildman–Crippen LogP) is 1.25. The Kier molecular flexibility index (Phi) is 2.89. The molecular formula is C13H15N5O2. The van der Waals surface area contributed by atoms with Crippen molar-refractivity contribution in [1.82, 2.24) is 19.5 Å². The van der Waals surface area contributed by atoms with E-state index >= 15 is 0 Å². The zero-order valence-corrected chi connectivity index (χ0v) is 11.0. The highest BCUT2D eigenvalue weighted by atomic mass is 16.4. The lowest BCUT2D eigenvalue weighted by Gasteiger charge is -2.16. The number of carbonyl (C=O) groups is 1. The fourth-order valence-electron chi connectivity index (χ4n) is 2.58. The summed E-state index contributed by atoms with van der Waals surface area (Å²) in [5, 5.41) is 9.08. The van der Waals surface area contributed by atoms with Crippen molar-refractivity contribution in [2.24, 2.45) is 11.8 Å². The highest BCUT2D eigenvalue weighted by molar-refractivity contribution is 5.81. The molecule has 0 bridgehead atoms.